The van der Waals surface area contributed by atoms with E-state index in [0.29, 0.717) is 24.7 Å². The van der Waals surface area contributed by atoms with Crippen molar-refractivity contribution in [2.45, 2.75) is 58.1 Å². The monoisotopic (exact) mass is 349 g/mol. The SMILES string of the molecule is Cc1cc(OC(C)C(=O)NC2(CC(=O)O)CCOC2)ccc1C(C)C. The van der Waals surface area contributed by atoms with Gasteiger partial charge in [-0.05, 0) is 49.4 Å². The number of carbonyl (C=O) groups excluding carboxylic acids is 1. The molecule has 0 aromatic heterocycles. The van der Waals surface area contributed by atoms with Gasteiger partial charge < -0.3 is 19.9 Å². The summed E-state index contributed by atoms with van der Waals surface area (Å²) in [7, 11) is 0. The summed E-state index contributed by atoms with van der Waals surface area (Å²) in [6, 6.07) is 5.79. The van der Waals surface area contributed by atoms with Crippen LogP contribution in [0.4, 0.5) is 0 Å². The molecular weight excluding hydrogens is 322 g/mol. The second-order valence-corrected chi connectivity index (χ2v) is 7.08. The first kappa shape index (κ1) is 19.2. The van der Waals surface area contributed by atoms with Crippen LogP contribution in [-0.4, -0.2) is 41.8 Å². The van der Waals surface area contributed by atoms with E-state index in [-0.39, 0.29) is 18.9 Å². The van der Waals surface area contributed by atoms with Crippen LogP contribution < -0.4 is 10.1 Å². The van der Waals surface area contributed by atoms with E-state index in [0.717, 1.165) is 5.56 Å². The van der Waals surface area contributed by atoms with Crippen molar-refractivity contribution in [2.75, 3.05) is 13.2 Å². The first-order valence-electron chi connectivity index (χ1n) is 8.61. The minimum absolute atomic E-state index is 0.159. The van der Waals surface area contributed by atoms with Crippen LogP contribution in [0, 0.1) is 6.92 Å². The smallest absolute Gasteiger partial charge is 0.305 e. The summed E-state index contributed by atoms with van der Waals surface area (Å²) in [6.07, 6.45) is -0.399. The van der Waals surface area contributed by atoms with E-state index in [9.17, 15) is 9.59 Å². The predicted octanol–water partition coefficient (Wildman–Crippen LogP) is 2.64. The lowest BCUT2D eigenvalue weighted by Gasteiger charge is -2.28. The third-order valence-electron chi connectivity index (χ3n) is 4.53. The number of hydrogen-bond donors (Lipinski definition) is 2. The third kappa shape index (κ3) is 4.95. The van der Waals surface area contributed by atoms with Gasteiger partial charge in [-0.15, -0.1) is 0 Å². The van der Waals surface area contributed by atoms with E-state index in [4.69, 9.17) is 14.6 Å². The van der Waals surface area contributed by atoms with Crippen LogP contribution in [0.3, 0.4) is 0 Å². The number of amides is 1. The van der Waals surface area contributed by atoms with Gasteiger partial charge in [-0.1, -0.05) is 19.9 Å². The highest BCUT2D eigenvalue weighted by Crippen LogP contribution is 2.25. The van der Waals surface area contributed by atoms with Crippen LogP contribution in [-0.2, 0) is 14.3 Å². The molecule has 138 valence electrons. The summed E-state index contributed by atoms with van der Waals surface area (Å²) in [5.74, 6) is -0.246. The Kier molecular flexibility index (Phi) is 6.06. The summed E-state index contributed by atoms with van der Waals surface area (Å²) >= 11 is 0. The zero-order valence-electron chi connectivity index (χ0n) is 15.3. The van der Waals surface area contributed by atoms with Crippen molar-refractivity contribution in [3.05, 3.63) is 29.3 Å². The first-order valence-corrected chi connectivity index (χ1v) is 8.61. The van der Waals surface area contributed by atoms with E-state index >= 15 is 0 Å². The highest BCUT2D eigenvalue weighted by atomic mass is 16.5. The van der Waals surface area contributed by atoms with Gasteiger partial charge in [-0.2, -0.15) is 0 Å². The van der Waals surface area contributed by atoms with Gasteiger partial charge in [-0.25, -0.2) is 0 Å². The fourth-order valence-corrected chi connectivity index (χ4v) is 3.17. The van der Waals surface area contributed by atoms with Crippen LogP contribution in [0.2, 0.25) is 0 Å². The molecular formula is C19H27NO5. The number of carbonyl (C=O) groups is 2. The average molecular weight is 349 g/mol. The number of benzene rings is 1. The Morgan fingerprint density at radius 3 is 2.60 bits per heavy atom. The van der Waals surface area contributed by atoms with Gasteiger partial charge in [-0.3, -0.25) is 9.59 Å². The van der Waals surface area contributed by atoms with Crippen molar-refractivity contribution in [3.8, 4) is 5.75 Å². The second-order valence-electron chi connectivity index (χ2n) is 7.08. The van der Waals surface area contributed by atoms with Crippen LogP contribution in [0.25, 0.3) is 0 Å². The zero-order chi connectivity index (χ0) is 18.6. The molecule has 2 rings (SSSR count). The first-order chi connectivity index (χ1) is 11.7. The molecule has 6 nitrogen and oxygen atoms in total. The van der Waals surface area contributed by atoms with Gasteiger partial charge in [0.2, 0.25) is 0 Å². The summed E-state index contributed by atoms with van der Waals surface area (Å²) in [5, 5.41) is 11.9. The zero-order valence-corrected chi connectivity index (χ0v) is 15.3. The fourth-order valence-electron chi connectivity index (χ4n) is 3.17. The van der Waals surface area contributed by atoms with E-state index in [1.54, 1.807) is 6.92 Å². The summed E-state index contributed by atoms with van der Waals surface area (Å²) < 4.78 is 11.0. The number of aliphatic carboxylic acids is 1. The lowest BCUT2D eigenvalue weighted by molar-refractivity contribution is -0.139. The fraction of sp³-hybridized carbons (Fsp3) is 0.579. The van der Waals surface area contributed by atoms with Crippen LogP contribution in [0.1, 0.15) is 50.7 Å². The molecule has 0 aliphatic carbocycles. The van der Waals surface area contributed by atoms with Gasteiger partial charge in [0, 0.05) is 6.61 Å². The lowest BCUT2D eigenvalue weighted by atomic mass is 9.94. The molecule has 1 saturated heterocycles. The van der Waals surface area contributed by atoms with Crippen molar-refractivity contribution >= 4 is 11.9 Å². The molecule has 0 saturated carbocycles. The number of carboxylic acids is 1. The van der Waals surface area contributed by atoms with Gasteiger partial charge in [0.25, 0.3) is 5.91 Å². The maximum Gasteiger partial charge on any atom is 0.305 e. The Bertz CT molecular complexity index is 635. The molecule has 2 unspecified atom stereocenters. The molecule has 2 N–H and O–H groups in total. The molecule has 1 heterocycles. The molecule has 1 aromatic rings. The molecule has 0 radical (unpaired) electrons. The highest BCUT2D eigenvalue weighted by Gasteiger charge is 2.39. The van der Waals surface area contributed by atoms with Gasteiger partial charge in [0.1, 0.15) is 5.75 Å². The van der Waals surface area contributed by atoms with Crippen molar-refractivity contribution in [3.63, 3.8) is 0 Å². The van der Waals surface area contributed by atoms with Crippen molar-refractivity contribution in [1.82, 2.24) is 5.32 Å². The predicted molar refractivity (Wildman–Crippen MR) is 93.9 cm³/mol. The largest absolute Gasteiger partial charge is 0.481 e. The Morgan fingerprint density at radius 1 is 1.36 bits per heavy atom. The Hall–Kier alpha value is -2.08. The topological polar surface area (TPSA) is 84.9 Å². The molecule has 1 aromatic carbocycles. The average Bonchev–Trinajstić information content (AvgIpc) is 2.93. The molecule has 1 amide bonds. The molecule has 1 aliphatic heterocycles. The van der Waals surface area contributed by atoms with Crippen LogP contribution in [0.5, 0.6) is 5.75 Å². The number of nitrogens with one attached hydrogen (secondary N) is 1. The molecule has 2 atom stereocenters. The van der Waals surface area contributed by atoms with E-state index in [2.05, 4.69) is 19.2 Å². The maximum atomic E-state index is 12.5. The van der Waals surface area contributed by atoms with Crippen molar-refractivity contribution in [2.24, 2.45) is 0 Å². The Balaban J connectivity index is 2.02. The molecule has 1 fully saturated rings. The minimum atomic E-state index is -0.959. The Morgan fingerprint density at radius 2 is 2.08 bits per heavy atom. The highest BCUT2D eigenvalue weighted by molar-refractivity contribution is 5.82. The van der Waals surface area contributed by atoms with E-state index in [1.807, 2.05) is 25.1 Å². The molecule has 0 spiro atoms. The second kappa shape index (κ2) is 7.87. The summed E-state index contributed by atoms with van der Waals surface area (Å²) in [5.41, 5.74) is 1.51. The van der Waals surface area contributed by atoms with Gasteiger partial charge in [0.15, 0.2) is 6.10 Å². The lowest BCUT2D eigenvalue weighted by Crippen LogP contribution is -2.53. The molecule has 6 heteroatoms. The van der Waals surface area contributed by atoms with Crippen LogP contribution in [0.15, 0.2) is 18.2 Å². The van der Waals surface area contributed by atoms with Crippen molar-refractivity contribution in [1.29, 1.82) is 0 Å². The quantitative estimate of drug-likeness (QED) is 0.790. The normalized spacial score (nSPS) is 21.2. The summed E-state index contributed by atoms with van der Waals surface area (Å²) in [6.45, 7) is 8.59. The third-order valence-corrected chi connectivity index (χ3v) is 4.53. The number of rotatable bonds is 7. The number of carboxylic acid groups (broad SMARTS) is 1. The summed E-state index contributed by atoms with van der Waals surface area (Å²) in [4.78, 5) is 23.6. The minimum Gasteiger partial charge on any atom is -0.481 e. The van der Waals surface area contributed by atoms with E-state index in [1.165, 1.54) is 5.56 Å². The van der Waals surface area contributed by atoms with Crippen LogP contribution >= 0.6 is 0 Å². The molecule has 0 bridgehead atoms. The molecule has 1 aliphatic rings. The Labute approximate surface area is 148 Å². The van der Waals surface area contributed by atoms with Crippen molar-refractivity contribution < 1.29 is 24.2 Å². The van der Waals surface area contributed by atoms with E-state index < -0.39 is 17.6 Å². The molecule has 25 heavy (non-hydrogen) atoms. The maximum absolute atomic E-state index is 12.5. The standard InChI is InChI=1S/C19H27NO5/c1-12(2)16-6-5-15(9-13(16)3)25-14(4)18(23)20-19(10-17(21)22)7-8-24-11-19/h5-6,9,12,14H,7-8,10-11H2,1-4H3,(H,20,23)(H,21,22). The van der Waals surface area contributed by atoms with Gasteiger partial charge in [0.05, 0.1) is 18.6 Å². The number of ether oxygens (including phenoxy) is 2. The number of hydrogen-bond acceptors (Lipinski definition) is 4. The van der Waals surface area contributed by atoms with Gasteiger partial charge >= 0.3 is 5.97 Å². The number of aryl methyl sites for hydroxylation is 1.